The fourth-order valence-electron chi connectivity index (χ4n) is 5.23. The van der Waals surface area contributed by atoms with Crippen molar-refractivity contribution < 1.29 is 4.79 Å². The number of benzene rings is 2. The van der Waals surface area contributed by atoms with Gasteiger partial charge in [-0.25, -0.2) is 4.98 Å². The van der Waals surface area contributed by atoms with Gasteiger partial charge in [0, 0.05) is 55.8 Å². The predicted molar refractivity (Wildman–Crippen MR) is 152 cm³/mol. The Morgan fingerprint density at radius 2 is 1.87 bits per heavy atom. The van der Waals surface area contributed by atoms with Crippen molar-refractivity contribution in [1.29, 1.82) is 0 Å². The van der Waals surface area contributed by atoms with Crippen LogP contribution in [-0.4, -0.2) is 51.3 Å². The molecule has 1 aliphatic rings. The van der Waals surface area contributed by atoms with E-state index in [9.17, 15) is 4.79 Å². The number of likely N-dealkylation sites (tertiary alicyclic amines) is 1. The molecule has 6 rings (SSSR count). The molecule has 1 fully saturated rings. The lowest BCUT2D eigenvalue weighted by Gasteiger charge is -2.33. The van der Waals surface area contributed by atoms with Gasteiger partial charge >= 0.3 is 0 Å². The molecule has 4 heterocycles. The van der Waals surface area contributed by atoms with Crippen molar-refractivity contribution in [2.75, 3.05) is 18.4 Å². The molecule has 0 spiro atoms. The summed E-state index contributed by atoms with van der Waals surface area (Å²) in [6.07, 6.45) is 7.41. The minimum Gasteiger partial charge on any atom is -0.366 e. The number of anilines is 1. The van der Waals surface area contributed by atoms with Crippen LogP contribution in [-0.2, 0) is 6.54 Å². The summed E-state index contributed by atoms with van der Waals surface area (Å²) in [5.74, 6) is 1.11. The molecule has 3 aromatic heterocycles. The van der Waals surface area contributed by atoms with E-state index in [0.717, 1.165) is 64.3 Å². The van der Waals surface area contributed by atoms with Gasteiger partial charge in [-0.1, -0.05) is 54.6 Å². The van der Waals surface area contributed by atoms with Gasteiger partial charge in [0.15, 0.2) is 5.65 Å². The first-order valence-corrected chi connectivity index (χ1v) is 13.1. The molecule has 1 amide bonds. The molecule has 7 nitrogen and oxygen atoms in total. The maximum atomic E-state index is 13.8. The maximum Gasteiger partial charge on any atom is 0.254 e. The summed E-state index contributed by atoms with van der Waals surface area (Å²) in [6, 6.07) is 24.1. The zero-order valence-electron chi connectivity index (χ0n) is 21.4. The second kappa shape index (κ2) is 10.5. The number of fused-ring (bicyclic) bond motifs is 1. The molecule has 1 saturated heterocycles. The molecule has 38 heavy (non-hydrogen) atoms. The molecule has 1 atom stereocenters. The largest absolute Gasteiger partial charge is 0.366 e. The van der Waals surface area contributed by atoms with E-state index in [4.69, 9.17) is 4.98 Å². The Labute approximate surface area is 223 Å². The van der Waals surface area contributed by atoms with Crippen LogP contribution in [0, 0.1) is 0 Å². The van der Waals surface area contributed by atoms with E-state index in [1.165, 1.54) is 0 Å². The van der Waals surface area contributed by atoms with Crippen molar-refractivity contribution in [2.45, 2.75) is 25.3 Å². The Hall–Kier alpha value is -4.46. The molecule has 0 saturated carbocycles. The van der Waals surface area contributed by atoms with E-state index >= 15 is 0 Å². The molecule has 8 heteroatoms. The molecule has 2 aromatic carbocycles. The van der Waals surface area contributed by atoms with Crippen LogP contribution in [0.15, 0.2) is 91.4 Å². The topological polar surface area (TPSA) is 75.4 Å². The highest BCUT2D eigenvalue weighted by atomic mass is 16.2. The first-order chi connectivity index (χ1) is 18.7. The van der Waals surface area contributed by atoms with Crippen molar-refractivity contribution in [3.05, 3.63) is 108 Å². The normalized spacial score (nSPS) is 15.5. The molecule has 0 bridgehead atoms. The third-order valence-corrected chi connectivity index (χ3v) is 7.23. The van der Waals surface area contributed by atoms with Gasteiger partial charge in [-0.15, -0.1) is 0 Å². The number of piperidine rings is 1. The molecule has 1 N–H and O–H groups in total. The maximum absolute atomic E-state index is 13.8. The fourth-order valence-corrected chi connectivity index (χ4v) is 5.23. The summed E-state index contributed by atoms with van der Waals surface area (Å²) < 4.78 is 1.86. The Kier molecular flexibility index (Phi) is 6.61. The van der Waals surface area contributed by atoms with Crippen LogP contribution in [0.2, 0.25) is 0 Å². The van der Waals surface area contributed by atoms with Gasteiger partial charge in [-0.2, -0.15) is 9.61 Å². The second-order valence-electron chi connectivity index (χ2n) is 9.85. The Balaban J connectivity index is 1.28. The van der Waals surface area contributed by atoms with E-state index in [0.29, 0.717) is 13.1 Å². The average molecular weight is 500 g/mol. The molecule has 188 valence electrons. The molecule has 0 radical (unpaired) electrons. The summed E-state index contributed by atoms with van der Waals surface area (Å²) >= 11 is 0. The zero-order chi connectivity index (χ0) is 25.9. The highest BCUT2D eigenvalue weighted by Crippen LogP contribution is 2.31. The van der Waals surface area contributed by atoms with Crippen LogP contribution in [0.3, 0.4) is 0 Å². The fraction of sp³-hybridized carbons (Fsp3) is 0.200. The van der Waals surface area contributed by atoms with Crippen LogP contribution in [0.5, 0.6) is 0 Å². The van der Waals surface area contributed by atoms with Gasteiger partial charge in [-0.3, -0.25) is 9.78 Å². The number of nitrogens with one attached hydrogen (secondary N) is 1. The average Bonchev–Trinajstić information content (AvgIpc) is 3.37. The van der Waals surface area contributed by atoms with Gasteiger partial charge in [0.25, 0.3) is 5.91 Å². The molecule has 1 unspecified atom stereocenters. The SMILES string of the molecule is Bc1cnn2c(NCc3cccnc3)cc(C3CCCN(C(=O)c4ccccc4-c4ccccc4)C3)nc12. The van der Waals surface area contributed by atoms with Crippen molar-refractivity contribution in [1.82, 2.24) is 24.5 Å². The van der Waals surface area contributed by atoms with E-state index in [1.54, 1.807) is 6.20 Å². The molecule has 5 aromatic rings. The van der Waals surface area contributed by atoms with E-state index in [-0.39, 0.29) is 11.8 Å². The summed E-state index contributed by atoms with van der Waals surface area (Å²) in [5.41, 5.74) is 6.71. The lowest BCUT2D eigenvalue weighted by Crippen LogP contribution is -2.39. The minimum absolute atomic E-state index is 0.0747. The summed E-state index contributed by atoms with van der Waals surface area (Å²) in [4.78, 5) is 25.0. The first kappa shape index (κ1) is 23.9. The van der Waals surface area contributed by atoms with E-state index < -0.39 is 0 Å². The Bertz CT molecular complexity index is 1570. The molecule has 1 aliphatic heterocycles. The summed E-state index contributed by atoms with van der Waals surface area (Å²) in [5, 5.41) is 8.07. The Morgan fingerprint density at radius 3 is 2.71 bits per heavy atom. The minimum atomic E-state index is 0.0747. The van der Waals surface area contributed by atoms with Crippen LogP contribution >= 0.6 is 0 Å². The third kappa shape index (κ3) is 4.77. The van der Waals surface area contributed by atoms with Gasteiger partial charge in [0.05, 0.1) is 5.69 Å². The van der Waals surface area contributed by atoms with Gasteiger partial charge in [0.1, 0.15) is 13.7 Å². The van der Waals surface area contributed by atoms with Crippen LogP contribution in [0.25, 0.3) is 16.8 Å². The number of amides is 1. The number of rotatable bonds is 6. The van der Waals surface area contributed by atoms with Gasteiger partial charge in [0.2, 0.25) is 0 Å². The number of pyridine rings is 1. The highest BCUT2D eigenvalue weighted by molar-refractivity contribution is 6.36. The van der Waals surface area contributed by atoms with Crippen molar-refractivity contribution in [2.24, 2.45) is 0 Å². The third-order valence-electron chi connectivity index (χ3n) is 7.23. The van der Waals surface area contributed by atoms with Gasteiger partial charge < -0.3 is 10.2 Å². The van der Waals surface area contributed by atoms with Crippen LogP contribution in [0.4, 0.5) is 5.82 Å². The zero-order valence-corrected chi connectivity index (χ0v) is 21.4. The lowest BCUT2D eigenvalue weighted by atomic mass is 9.92. The number of carbonyl (C=O) groups excluding carboxylic acids is 1. The number of hydrogen-bond donors (Lipinski definition) is 1. The number of aromatic nitrogens is 4. The highest BCUT2D eigenvalue weighted by Gasteiger charge is 2.28. The van der Waals surface area contributed by atoms with Crippen molar-refractivity contribution >= 4 is 30.7 Å². The van der Waals surface area contributed by atoms with Gasteiger partial charge in [-0.05, 0) is 47.1 Å². The monoisotopic (exact) mass is 500 g/mol. The van der Waals surface area contributed by atoms with Crippen molar-refractivity contribution in [3.63, 3.8) is 0 Å². The summed E-state index contributed by atoms with van der Waals surface area (Å²) in [7, 11) is 2.03. The smallest absolute Gasteiger partial charge is 0.254 e. The number of carbonyl (C=O) groups is 1. The Morgan fingerprint density at radius 1 is 1.03 bits per heavy atom. The molecule has 0 aliphatic carbocycles. The van der Waals surface area contributed by atoms with Crippen LogP contribution < -0.4 is 10.8 Å². The standard InChI is InChI=1S/C30H29BN6O/c31-26-19-34-37-28(33-18-21-8-6-14-32-17-21)16-27(35-29(26)37)23-11-7-15-36(20-23)30(38)25-13-5-4-12-24(25)22-9-2-1-3-10-22/h1-6,8-10,12-14,16-17,19,23,33H,7,11,15,18,20,31H2. The molecular weight excluding hydrogens is 471 g/mol. The first-order valence-electron chi connectivity index (χ1n) is 13.1. The predicted octanol–water partition coefficient (Wildman–Crippen LogP) is 3.68. The van der Waals surface area contributed by atoms with E-state index in [1.807, 2.05) is 84.3 Å². The summed E-state index contributed by atoms with van der Waals surface area (Å²) in [6.45, 7) is 2.02. The van der Waals surface area contributed by atoms with E-state index in [2.05, 4.69) is 33.6 Å². The lowest BCUT2D eigenvalue weighted by molar-refractivity contribution is 0.0707. The molecular formula is C30H29BN6O. The van der Waals surface area contributed by atoms with Crippen LogP contribution in [0.1, 0.15) is 40.4 Å². The number of nitrogens with zero attached hydrogens (tertiary/aromatic N) is 5. The quantitative estimate of drug-likeness (QED) is 0.360. The number of hydrogen-bond acceptors (Lipinski definition) is 5. The van der Waals surface area contributed by atoms with Crippen molar-refractivity contribution in [3.8, 4) is 11.1 Å². The second-order valence-corrected chi connectivity index (χ2v) is 9.85.